The highest BCUT2D eigenvalue weighted by Crippen LogP contribution is 2.33. The molecule has 0 amide bonds. The van der Waals surface area contributed by atoms with E-state index >= 15 is 0 Å². The fourth-order valence-electron chi connectivity index (χ4n) is 3.31. The number of nitrogens with zero attached hydrogens (tertiary/aromatic N) is 3. The first-order chi connectivity index (χ1) is 12.3. The molecule has 25 heavy (non-hydrogen) atoms. The number of benzene rings is 2. The molecule has 0 atom stereocenters. The maximum absolute atomic E-state index is 4.75. The van der Waals surface area contributed by atoms with Crippen LogP contribution in [-0.4, -0.2) is 23.1 Å². The number of para-hydroxylation sites is 1. The molecule has 4 rings (SSSR count). The van der Waals surface area contributed by atoms with Crippen molar-refractivity contribution < 1.29 is 0 Å². The largest absolute Gasteiger partial charge is 0.354 e. The number of hydrogen-bond donors (Lipinski definition) is 1. The lowest BCUT2D eigenvalue weighted by Gasteiger charge is -2.19. The minimum Gasteiger partial charge on any atom is -0.354 e. The lowest BCUT2D eigenvalue weighted by molar-refractivity contribution is 0.938. The first-order valence-corrected chi connectivity index (χ1v) is 8.78. The average molecular weight is 330 g/mol. The van der Waals surface area contributed by atoms with Gasteiger partial charge in [0.25, 0.3) is 0 Å². The Labute approximate surface area is 148 Å². The Hall–Kier alpha value is -2.88. The smallest absolute Gasteiger partial charge is 0.224 e. The van der Waals surface area contributed by atoms with Crippen LogP contribution in [-0.2, 0) is 12.8 Å². The summed E-state index contributed by atoms with van der Waals surface area (Å²) in [6, 6.07) is 21.1. The number of nitrogens with one attached hydrogen (secondary N) is 1. The molecule has 0 fully saturated rings. The van der Waals surface area contributed by atoms with Gasteiger partial charge in [0.2, 0.25) is 5.95 Å². The minimum absolute atomic E-state index is 0.704. The summed E-state index contributed by atoms with van der Waals surface area (Å²) >= 11 is 0. The molecule has 126 valence electrons. The quantitative estimate of drug-likeness (QED) is 0.763. The molecular weight excluding hydrogens is 308 g/mol. The molecule has 2 aromatic carbocycles. The number of aromatic nitrogens is 2. The van der Waals surface area contributed by atoms with E-state index in [0.29, 0.717) is 5.95 Å². The van der Waals surface area contributed by atoms with Crippen molar-refractivity contribution in [1.29, 1.82) is 0 Å². The SMILES string of the molecule is Cc1cc(N2CCc3ccccc32)nc(NCCc2ccccc2)n1. The highest BCUT2D eigenvalue weighted by molar-refractivity contribution is 5.68. The van der Waals surface area contributed by atoms with Gasteiger partial charge in [-0.15, -0.1) is 0 Å². The van der Waals surface area contributed by atoms with Gasteiger partial charge in [-0.25, -0.2) is 4.98 Å². The van der Waals surface area contributed by atoms with Crippen LogP contribution in [0.1, 0.15) is 16.8 Å². The zero-order valence-electron chi connectivity index (χ0n) is 14.4. The Balaban J connectivity index is 1.50. The topological polar surface area (TPSA) is 41.1 Å². The lowest BCUT2D eigenvalue weighted by Crippen LogP contribution is -2.17. The molecule has 1 aliphatic rings. The molecule has 1 N–H and O–H groups in total. The maximum Gasteiger partial charge on any atom is 0.224 e. The summed E-state index contributed by atoms with van der Waals surface area (Å²) in [6.07, 6.45) is 2.02. The predicted molar refractivity (Wildman–Crippen MR) is 103 cm³/mol. The summed E-state index contributed by atoms with van der Waals surface area (Å²) in [7, 11) is 0. The second-order valence-electron chi connectivity index (χ2n) is 6.38. The zero-order chi connectivity index (χ0) is 17.1. The molecule has 0 aliphatic carbocycles. The van der Waals surface area contributed by atoms with E-state index in [-0.39, 0.29) is 0 Å². The van der Waals surface area contributed by atoms with Gasteiger partial charge in [0.05, 0.1) is 0 Å². The molecule has 4 heteroatoms. The average Bonchev–Trinajstić information content (AvgIpc) is 3.06. The van der Waals surface area contributed by atoms with E-state index < -0.39 is 0 Å². The van der Waals surface area contributed by atoms with Crippen LogP contribution >= 0.6 is 0 Å². The van der Waals surface area contributed by atoms with Gasteiger partial charge in [0.1, 0.15) is 5.82 Å². The van der Waals surface area contributed by atoms with E-state index in [0.717, 1.165) is 37.4 Å². The van der Waals surface area contributed by atoms with E-state index in [1.165, 1.54) is 16.8 Å². The number of aryl methyl sites for hydroxylation is 1. The van der Waals surface area contributed by atoms with Crippen molar-refractivity contribution in [1.82, 2.24) is 9.97 Å². The molecule has 0 saturated heterocycles. The molecule has 1 aromatic heterocycles. The molecule has 0 saturated carbocycles. The van der Waals surface area contributed by atoms with Crippen LogP contribution in [0.25, 0.3) is 0 Å². The van der Waals surface area contributed by atoms with Gasteiger partial charge >= 0.3 is 0 Å². The molecule has 0 unspecified atom stereocenters. The number of hydrogen-bond acceptors (Lipinski definition) is 4. The standard InChI is InChI=1S/C21H22N4/c1-16-15-20(25-14-12-18-9-5-6-10-19(18)25)24-21(23-16)22-13-11-17-7-3-2-4-8-17/h2-10,15H,11-14H2,1H3,(H,22,23,24). The second-order valence-corrected chi connectivity index (χ2v) is 6.38. The Bertz CT molecular complexity index is 861. The van der Waals surface area contributed by atoms with Gasteiger partial charge in [-0.2, -0.15) is 4.98 Å². The molecule has 1 aliphatic heterocycles. The minimum atomic E-state index is 0.704. The first-order valence-electron chi connectivity index (χ1n) is 8.78. The highest BCUT2D eigenvalue weighted by Gasteiger charge is 2.21. The maximum atomic E-state index is 4.75. The summed E-state index contributed by atoms with van der Waals surface area (Å²) < 4.78 is 0. The fraction of sp³-hybridized carbons (Fsp3) is 0.238. The highest BCUT2D eigenvalue weighted by atomic mass is 15.2. The number of anilines is 3. The van der Waals surface area contributed by atoms with Crippen LogP contribution in [0.3, 0.4) is 0 Å². The van der Waals surface area contributed by atoms with Crippen LogP contribution in [0.2, 0.25) is 0 Å². The fourth-order valence-corrected chi connectivity index (χ4v) is 3.31. The normalized spacial score (nSPS) is 12.9. The van der Waals surface area contributed by atoms with Crippen molar-refractivity contribution in [3.8, 4) is 0 Å². The second kappa shape index (κ2) is 6.93. The monoisotopic (exact) mass is 330 g/mol. The van der Waals surface area contributed by atoms with Gasteiger partial charge in [-0.05, 0) is 37.0 Å². The summed E-state index contributed by atoms with van der Waals surface area (Å²) in [5.74, 6) is 1.68. The van der Waals surface area contributed by atoms with Crippen molar-refractivity contribution in [2.45, 2.75) is 19.8 Å². The third kappa shape index (κ3) is 3.48. The van der Waals surface area contributed by atoms with Crippen LogP contribution in [0.5, 0.6) is 0 Å². The molecule has 0 spiro atoms. The Morgan fingerprint density at radius 3 is 2.68 bits per heavy atom. The predicted octanol–water partition coefficient (Wildman–Crippen LogP) is 4.13. The van der Waals surface area contributed by atoms with Crippen molar-refractivity contribution in [3.05, 3.63) is 77.5 Å². The van der Waals surface area contributed by atoms with E-state index in [1.54, 1.807) is 0 Å². The van der Waals surface area contributed by atoms with Gasteiger partial charge in [-0.1, -0.05) is 48.5 Å². The first kappa shape index (κ1) is 15.6. The third-order valence-electron chi connectivity index (χ3n) is 4.54. The molecule has 4 nitrogen and oxygen atoms in total. The van der Waals surface area contributed by atoms with Gasteiger partial charge in [0, 0.05) is 30.5 Å². The van der Waals surface area contributed by atoms with E-state index in [9.17, 15) is 0 Å². The Morgan fingerprint density at radius 2 is 1.80 bits per heavy atom. The molecule has 2 heterocycles. The van der Waals surface area contributed by atoms with Crippen molar-refractivity contribution in [2.75, 3.05) is 23.3 Å². The van der Waals surface area contributed by atoms with Gasteiger partial charge in [0.15, 0.2) is 0 Å². The Morgan fingerprint density at radius 1 is 1.00 bits per heavy atom. The van der Waals surface area contributed by atoms with E-state index in [2.05, 4.69) is 69.8 Å². The molecule has 0 bridgehead atoms. The summed E-state index contributed by atoms with van der Waals surface area (Å²) in [5, 5.41) is 3.37. The van der Waals surface area contributed by atoms with Crippen LogP contribution in [0.15, 0.2) is 60.7 Å². The number of rotatable bonds is 5. The number of fused-ring (bicyclic) bond motifs is 1. The van der Waals surface area contributed by atoms with Crippen molar-refractivity contribution in [2.24, 2.45) is 0 Å². The lowest BCUT2D eigenvalue weighted by atomic mass is 10.1. The summed E-state index contributed by atoms with van der Waals surface area (Å²) in [6.45, 7) is 3.82. The molecule has 3 aromatic rings. The van der Waals surface area contributed by atoms with Crippen molar-refractivity contribution >= 4 is 17.5 Å². The van der Waals surface area contributed by atoms with Crippen molar-refractivity contribution in [3.63, 3.8) is 0 Å². The van der Waals surface area contributed by atoms with Crippen LogP contribution in [0, 0.1) is 6.92 Å². The molecular formula is C21H22N4. The van der Waals surface area contributed by atoms with E-state index in [1.807, 2.05) is 13.0 Å². The summed E-state index contributed by atoms with van der Waals surface area (Å²) in [4.78, 5) is 11.6. The third-order valence-corrected chi connectivity index (χ3v) is 4.54. The van der Waals surface area contributed by atoms with Gasteiger partial charge in [-0.3, -0.25) is 0 Å². The summed E-state index contributed by atoms with van der Waals surface area (Å²) in [5.41, 5.74) is 4.95. The zero-order valence-corrected chi connectivity index (χ0v) is 14.4. The van der Waals surface area contributed by atoms with Crippen LogP contribution < -0.4 is 10.2 Å². The van der Waals surface area contributed by atoms with Crippen LogP contribution in [0.4, 0.5) is 17.5 Å². The van der Waals surface area contributed by atoms with Gasteiger partial charge < -0.3 is 10.2 Å². The van der Waals surface area contributed by atoms with E-state index in [4.69, 9.17) is 4.98 Å². The molecule has 0 radical (unpaired) electrons. The Kier molecular flexibility index (Phi) is 4.34.